The molecule has 0 amide bonds. The van der Waals surface area contributed by atoms with Gasteiger partial charge in [0.05, 0.1) is 23.6 Å². The van der Waals surface area contributed by atoms with E-state index >= 15 is 0 Å². The van der Waals surface area contributed by atoms with Crippen LogP contribution in [-0.4, -0.2) is 28.9 Å². The average molecular weight is 504 g/mol. The van der Waals surface area contributed by atoms with E-state index in [0.717, 1.165) is 32.2 Å². The number of alkyl halides is 5. The molecule has 0 unspecified atom stereocenters. The van der Waals surface area contributed by atoms with Crippen LogP contribution in [0.5, 0.6) is 5.75 Å². The minimum atomic E-state index is -4.90. The van der Waals surface area contributed by atoms with Crippen LogP contribution in [0.3, 0.4) is 0 Å². The molecule has 188 valence electrons. The third-order valence-corrected chi connectivity index (χ3v) is 6.58. The lowest BCUT2D eigenvalue weighted by atomic mass is 9.76. The first-order chi connectivity index (χ1) is 16.3. The van der Waals surface area contributed by atoms with Gasteiger partial charge in [0, 0.05) is 17.4 Å². The van der Waals surface area contributed by atoms with Crippen molar-refractivity contribution in [1.29, 1.82) is 0 Å². The summed E-state index contributed by atoms with van der Waals surface area (Å²) in [6, 6.07) is 4.87. The molecule has 0 aliphatic carbocycles. The van der Waals surface area contributed by atoms with E-state index in [2.05, 4.69) is 9.97 Å². The molecule has 1 aliphatic heterocycles. The van der Waals surface area contributed by atoms with Crippen molar-refractivity contribution in [2.45, 2.75) is 44.1 Å². The number of hydrogen-bond donors (Lipinski definition) is 1. The van der Waals surface area contributed by atoms with Gasteiger partial charge in [0.15, 0.2) is 5.60 Å². The Kier molecular flexibility index (Phi) is 6.06. The molecule has 12 heteroatoms. The first kappa shape index (κ1) is 25.0. The summed E-state index contributed by atoms with van der Waals surface area (Å²) in [6.45, 7) is 2.00. The average Bonchev–Trinajstić information content (AvgIpc) is 3.05. The lowest BCUT2D eigenvalue weighted by Gasteiger charge is -2.32. The van der Waals surface area contributed by atoms with Gasteiger partial charge in [-0.2, -0.15) is 13.2 Å². The van der Waals surface area contributed by atoms with Gasteiger partial charge in [-0.1, -0.05) is 13.0 Å². The zero-order valence-electron chi connectivity index (χ0n) is 18.5. The second-order valence-corrected chi connectivity index (χ2v) is 8.45. The van der Waals surface area contributed by atoms with Crippen LogP contribution in [0.4, 0.5) is 30.7 Å². The molecule has 2 heterocycles. The number of aromatic amines is 1. The molecule has 4 rings (SSSR count). The molecular formula is C23H19F7N2O3. The maximum atomic E-state index is 14.2. The highest BCUT2D eigenvalue weighted by atomic mass is 19.4. The molecule has 35 heavy (non-hydrogen) atoms. The lowest BCUT2D eigenvalue weighted by molar-refractivity contribution is -0.275. The summed E-state index contributed by atoms with van der Waals surface area (Å²) < 4.78 is 108. The Morgan fingerprint density at radius 1 is 1.17 bits per heavy atom. The highest BCUT2D eigenvalue weighted by Gasteiger charge is 2.65. The van der Waals surface area contributed by atoms with Gasteiger partial charge in [-0.25, -0.2) is 22.5 Å². The number of hydrogen-bond acceptors (Lipinski definition) is 4. The summed E-state index contributed by atoms with van der Waals surface area (Å²) >= 11 is 0. The fraction of sp³-hybridized carbons (Fsp3) is 0.391. The molecule has 0 radical (unpaired) electrons. The van der Waals surface area contributed by atoms with Crippen LogP contribution in [0.15, 0.2) is 35.1 Å². The zero-order valence-corrected chi connectivity index (χ0v) is 18.5. The van der Waals surface area contributed by atoms with Crippen LogP contribution >= 0.6 is 0 Å². The molecule has 0 spiro atoms. The topological polar surface area (TPSA) is 64.2 Å². The van der Waals surface area contributed by atoms with Gasteiger partial charge >= 0.3 is 6.18 Å². The van der Waals surface area contributed by atoms with Crippen LogP contribution < -0.4 is 10.3 Å². The smallest absolute Gasteiger partial charge is 0.417 e. The van der Waals surface area contributed by atoms with E-state index in [0.29, 0.717) is 6.07 Å². The number of benzene rings is 2. The van der Waals surface area contributed by atoms with E-state index in [1.165, 1.54) is 13.0 Å². The summed E-state index contributed by atoms with van der Waals surface area (Å²) in [4.78, 5) is 19.1. The molecule has 3 aromatic rings. The highest BCUT2D eigenvalue weighted by molar-refractivity contribution is 5.77. The number of methoxy groups -OCH3 is 1. The Balaban J connectivity index is 1.98. The Morgan fingerprint density at radius 2 is 1.86 bits per heavy atom. The standard InChI is InChI=1S/C23H19F7N2O3/c1-9-15(11-5-6-13(25)16(19(26)27)17(11)34-3)18(35-22(9,2)23(28,29)30)20-31-14-7-4-10(24)8-12(14)21(33)32-20/h4-9,15,18-19H,1-3H3,(H,31,32,33)/t9-,15-,18+,22+/m1/s1. The third-order valence-electron chi connectivity index (χ3n) is 6.58. The number of nitrogens with zero attached hydrogens (tertiary/aromatic N) is 1. The summed E-state index contributed by atoms with van der Waals surface area (Å²) in [5.74, 6) is -5.71. The predicted octanol–water partition coefficient (Wildman–Crippen LogP) is 5.96. The largest absolute Gasteiger partial charge is 0.496 e. The molecule has 1 saturated heterocycles. The van der Waals surface area contributed by atoms with Crippen LogP contribution in [0, 0.1) is 17.6 Å². The third kappa shape index (κ3) is 3.93. The molecule has 0 saturated carbocycles. The van der Waals surface area contributed by atoms with Gasteiger partial charge in [-0.05, 0) is 31.2 Å². The van der Waals surface area contributed by atoms with Gasteiger partial charge in [-0.15, -0.1) is 0 Å². The Bertz CT molecular complexity index is 1340. The maximum absolute atomic E-state index is 14.2. The van der Waals surface area contributed by atoms with E-state index < -0.39 is 64.6 Å². The summed E-state index contributed by atoms with van der Waals surface area (Å²) in [6.07, 6.45) is -9.81. The summed E-state index contributed by atoms with van der Waals surface area (Å²) in [5, 5.41) is -0.144. The van der Waals surface area contributed by atoms with E-state index in [9.17, 15) is 35.5 Å². The molecule has 2 aromatic carbocycles. The Hall–Kier alpha value is -3.15. The molecule has 5 nitrogen and oxygen atoms in total. The quantitative estimate of drug-likeness (QED) is 0.446. The molecule has 1 N–H and O–H groups in total. The lowest BCUT2D eigenvalue weighted by Crippen LogP contribution is -2.46. The number of H-pyrrole nitrogens is 1. The number of aromatic nitrogens is 2. The van der Waals surface area contributed by atoms with Crippen molar-refractivity contribution in [3.63, 3.8) is 0 Å². The maximum Gasteiger partial charge on any atom is 0.417 e. The van der Waals surface area contributed by atoms with Crippen molar-refractivity contribution in [2.75, 3.05) is 7.11 Å². The van der Waals surface area contributed by atoms with Crippen LogP contribution in [0.2, 0.25) is 0 Å². The number of rotatable bonds is 4. The highest BCUT2D eigenvalue weighted by Crippen LogP contribution is 2.59. The van der Waals surface area contributed by atoms with Gasteiger partial charge in [0.1, 0.15) is 29.3 Å². The molecular weight excluding hydrogens is 485 g/mol. The molecule has 4 atom stereocenters. The van der Waals surface area contributed by atoms with Crippen LogP contribution in [0.1, 0.15) is 49.2 Å². The molecule has 1 aromatic heterocycles. The van der Waals surface area contributed by atoms with Gasteiger partial charge in [0.25, 0.3) is 12.0 Å². The minimum Gasteiger partial charge on any atom is -0.496 e. The zero-order chi connectivity index (χ0) is 25.9. The van der Waals surface area contributed by atoms with Gasteiger partial charge in [0.2, 0.25) is 0 Å². The van der Waals surface area contributed by atoms with Crippen molar-refractivity contribution in [3.05, 3.63) is 69.3 Å². The fourth-order valence-corrected chi connectivity index (χ4v) is 4.58. The Labute approximate surface area is 193 Å². The molecule has 0 bridgehead atoms. The van der Waals surface area contributed by atoms with Crippen molar-refractivity contribution in [3.8, 4) is 5.75 Å². The van der Waals surface area contributed by atoms with E-state index in [1.807, 2.05) is 0 Å². The van der Waals surface area contributed by atoms with E-state index in [1.54, 1.807) is 0 Å². The van der Waals surface area contributed by atoms with Crippen molar-refractivity contribution in [1.82, 2.24) is 9.97 Å². The fourth-order valence-electron chi connectivity index (χ4n) is 4.58. The van der Waals surface area contributed by atoms with Crippen molar-refractivity contribution >= 4 is 10.9 Å². The van der Waals surface area contributed by atoms with Crippen molar-refractivity contribution < 1.29 is 40.2 Å². The number of ether oxygens (including phenoxy) is 2. The van der Waals surface area contributed by atoms with Crippen molar-refractivity contribution in [2.24, 2.45) is 5.92 Å². The SMILES string of the molecule is COc1c([C@@H]2[C@@H](c3nc4ccc(F)cc4c(=O)[nH]3)O[C@](C)(C(F)(F)F)[C@@H]2C)ccc(F)c1C(F)F. The normalized spacial score (nSPS) is 24.9. The van der Waals surface area contributed by atoms with E-state index in [-0.39, 0.29) is 22.3 Å². The van der Waals surface area contributed by atoms with Crippen LogP contribution in [-0.2, 0) is 4.74 Å². The summed E-state index contributed by atoms with van der Waals surface area (Å²) in [7, 11) is 0.993. The monoisotopic (exact) mass is 504 g/mol. The van der Waals surface area contributed by atoms with Crippen LogP contribution in [0.25, 0.3) is 10.9 Å². The minimum absolute atomic E-state index is 0.0138. The van der Waals surface area contributed by atoms with Gasteiger partial charge < -0.3 is 14.5 Å². The Morgan fingerprint density at radius 3 is 2.46 bits per heavy atom. The molecule has 1 fully saturated rings. The van der Waals surface area contributed by atoms with E-state index in [4.69, 9.17) is 9.47 Å². The summed E-state index contributed by atoms with van der Waals surface area (Å²) in [5.41, 5.74) is -4.91. The second kappa shape index (κ2) is 8.51. The number of fused-ring (bicyclic) bond motifs is 1. The first-order valence-electron chi connectivity index (χ1n) is 10.4. The van der Waals surface area contributed by atoms with Gasteiger partial charge in [-0.3, -0.25) is 4.79 Å². The second-order valence-electron chi connectivity index (χ2n) is 8.45. The number of halogens is 7. The first-order valence-corrected chi connectivity index (χ1v) is 10.4. The number of nitrogens with one attached hydrogen (secondary N) is 1. The molecule has 1 aliphatic rings. The predicted molar refractivity (Wildman–Crippen MR) is 110 cm³/mol.